The lowest BCUT2D eigenvalue weighted by Crippen LogP contribution is -2.09. The molecule has 0 aliphatic carbocycles. The third-order valence-corrected chi connectivity index (χ3v) is 1.79. The van der Waals surface area contributed by atoms with Gasteiger partial charge in [0.15, 0.2) is 5.78 Å². The van der Waals surface area contributed by atoms with Crippen molar-refractivity contribution in [1.82, 2.24) is 0 Å². The number of rotatable bonds is 4. The lowest BCUT2D eigenvalue weighted by atomic mass is 10.1. The van der Waals surface area contributed by atoms with Crippen LogP contribution in [0.5, 0.6) is 0 Å². The summed E-state index contributed by atoms with van der Waals surface area (Å²) in [6, 6.07) is 3.94. The highest BCUT2D eigenvalue weighted by Crippen LogP contribution is 2.17. The summed E-state index contributed by atoms with van der Waals surface area (Å²) in [6.07, 6.45) is 0. The van der Waals surface area contributed by atoms with Gasteiger partial charge < -0.3 is 10.4 Å². The first-order valence-corrected chi connectivity index (χ1v) is 4.30. The van der Waals surface area contributed by atoms with Crippen LogP contribution in [0.25, 0.3) is 0 Å². The second kappa shape index (κ2) is 4.72. The average molecular weight is 197 g/mol. The second-order valence-corrected chi connectivity index (χ2v) is 2.90. The van der Waals surface area contributed by atoms with Crippen LogP contribution in [0.2, 0.25) is 0 Å². The minimum Gasteiger partial charge on any atom is -0.395 e. The zero-order valence-corrected chi connectivity index (χ0v) is 7.88. The van der Waals surface area contributed by atoms with Crippen LogP contribution in [0.15, 0.2) is 18.2 Å². The number of benzene rings is 1. The highest BCUT2D eigenvalue weighted by Gasteiger charge is 2.07. The molecule has 1 rings (SSSR count). The molecule has 0 aromatic heterocycles. The van der Waals surface area contributed by atoms with Crippen molar-refractivity contribution in [3.8, 4) is 0 Å². The van der Waals surface area contributed by atoms with E-state index in [4.69, 9.17) is 5.11 Å². The number of halogens is 1. The Balaban J connectivity index is 2.96. The first-order valence-electron chi connectivity index (χ1n) is 4.30. The van der Waals surface area contributed by atoms with Crippen molar-refractivity contribution in [2.75, 3.05) is 18.5 Å². The molecule has 14 heavy (non-hydrogen) atoms. The van der Waals surface area contributed by atoms with Crippen molar-refractivity contribution >= 4 is 11.5 Å². The molecule has 0 aliphatic rings. The van der Waals surface area contributed by atoms with Crippen LogP contribution < -0.4 is 5.32 Å². The van der Waals surface area contributed by atoms with E-state index in [1.807, 2.05) is 0 Å². The van der Waals surface area contributed by atoms with Gasteiger partial charge in [-0.25, -0.2) is 4.39 Å². The summed E-state index contributed by atoms with van der Waals surface area (Å²) >= 11 is 0. The molecular weight excluding hydrogens is 185 g/mol. The number of hydrogen-bond donors (Lipinski definition) is 2. The molecule has 2 N–H and O–H groups in total. The standard InChI is InChI=1S/C10H12FNO2/c1-7(14)9-6-8(11)2-3-10(9)12-4-5-13/h2-3,6,12-13H,4-5H2,1H3. The molecule has 0 bridgehead atoms. The Morgan fingerprint density at radius 3 is 2.86 bits per heavy atom. The van der Waals surface area contributed by atoms with Crippen LogP contribution in [0.1, 0.15) is 17.3 Å². The fraction of sp³-hybridized carbons (Fsp3) is 0.300. The van der Waals surface area contributed by atoms with Gasteiger partial charge in [0, 0.05) is 17.8 Å². The molecular formula is C10H12FNO2. The van der Waals surface area contributed by atoms with Crippen LogP contribution in [-0.4, -0.2) is 24.0 Å². The molecule has 4 heteroatoms. The van der Waals surface area contributed by atoms with E-state index in [9.17, 15) is 9.18 Å². The molecule has 3 nitrogen and oxygen atoms in total. The molecule has 0 saturated heterocycles. The lowest BCUT2D eigenvalue weighted by Gasteiger charge is -2.08. The monoisotopic (exact) mass is 197 g/mol. The topological polar surface area (TPSA) is 49.3 Å². The van der Waals surface area contributed by atoms with E-state index in [0.717, 1.165) is 0 Å². The van der Waals surface area contributed by atoms with Gasteiger partial charge in [0.1, 0.15) is 5.82 Å². The first kappa shape index (κ1) is 10.7. The molecule has 0 radical (unpaired) electrons. The van der Waals surface area contributed by atoms with Crippen molar-refractivity contribution in [3.63, 3.8) is 0 Å². The summed E-state index contributed by atoms with van der Waals surface area (Å²) < 4.78 is 12.8. The lowest BCUT2D eigenvalue weighted by molar-refractivity contribution is 0.101. The van der Waals surface area contributed by atoms with Crippen LogP contribution in [-0.2, 0) is 0 Å². The van der Waals surface area contributed by atoms with E-state index in [1.165, 1.54) is 25.1 Å². The van der Waals surface area contributed by atoms with E-state index in [0.29, 0.717) is 17.8 Å². The number of anilines is 1. The number of nitrogens with one attached hydrogen (secondary N) is 1. The van der Waals surface area contributed by atoms with E-state index in [1.54, 1.807) is 0 Å². The molecule has 76 valence electrons. The van der Waals surface area contributed by atoms with Crippen molar-refractivity contribution in [3.05, 3.63) is 29.6 Å². The fourth-order valence-electron chi connectivity index (χ4n) is 1.15. The van der Waals surface area contributed by atoms with E-state index in [-0.39, 0.29) is 12.4 Å². The first-order chi connectivity index (χ1) is 6.65. The van der Waals surface area contributed by atoms with E-state index in [2.05, 4.69) is 5.32 Å². The summed E-state index contributed by atoms with van der Waals surface area (Å²) in [5.74, 6) is -0.644. The predicted molar refractivity (Wildman–Crippen MR) is 52.0 cm³/mol. The van der Waals surface area contributed by atoms with Gasteiger partial charge in [-0.2, -0.15) is 0 Å². The maximum atomic E-state index is 12.8. The molecule has 1 aromatic carbocycles. The van der Waals surface area contributed by atoms with E-state index >= 15 is 0 Å². The zero-order chi connectivity index (χ0) is 10.6. The van der Waals surface area contributed by atoms with Gasteiger partial charge in [0.25, 0.3) is 0 Å². The van der Waals surface area contributed by atoms with Crippen LogP contribution >= 0.6 is 0 Å². The largest absolute Gasteiger partial charge is 0.395 e. The third-order valence-electron chi connectivity index (χ3n) is 1.79. The number of Topliss-reactive ketones (excluding diaryl/α,β-unsaturated/α-hetero) is 1. The fourth-order valence-corrected chi connectivity index (χ4v) is 1.15. The molecule has 0 aliphatic heterocycles. The minimum atomic E-state index is -0.440. The number of ketones is 1. The molecule has 0 saturated carbocycles. The van der Waals surface area contributed by atoms with Gasteiger partial charge in [0.2, 0.25) is 0 Å². The van der Waals surface area contributed by atoms with Crippen molar-refractivity contribution in [1.29, 1.82) is 0 Å². The second-order valence-electron chi connectivity index (χ2n) is 2.90. The Bertz CT molecular complexity index is 339. The molecule has 1 aromatic rings. The highest BCUT2D eigenvalue weighted by molar-refractivity contribution is 5.99. The van der Waals surface area contributed by atoms with Gasteiger partial charge >= 0.3 is 0 Å². The van der Waals surface area contributed by atoms with E-state index < -0.39 is 5.82 Å². The summed E-state index contributed by atoms with van der Waals surface area (Å²) in [5.41, 5.74) is 0.853. The predicted octanol–water partition coefficient (Wildman–Crippen LogP) is 1.43. The summed E-state index contributed by atoms with van der Waals surface area (Å²) in [4.78, 5) is 11.1. The van der Waals surface area contributed by atoms with Crippen molar-refractivity contribution in [2.45, 2.75) is 6.92 Å². The molecule has 0 atom stereocenters. The van der Waals surface area contributed by atoms with Crippen LogP contribution in [0, 0.1) is 5.82 Å². The molecule has 0 fully saturated rings. The summed E-state index contributed by atoms with van der Waals surface area (Å²) in [6.45, 7) is 1.68. The summed E-state index contributed by atoms with van der Waals surface area (Å²) in [5, 5.41) is 11.4. The number of carbonyl (C=O) groups excluding carboxylic acids is 1. The molecule has 0 unspecified atom stereocenters. The van der Waals surface area contributed by atoms with Gasteiger partial charge in [-0.3, -0.25) is 4.79 Å². The Labute approximate surface area is 81.6 Å². The van der Waals surface area contributed by atoms with Crippen LogP contribution in [0.4, 0.5) is 10.1 Å². The maximum absolute atomic E-state index is 12.8. The van der Waals surface area contributed by atoms with Gasteiger partial charge in [-0.1, -0.05) is 0 Å². The maximum Gasteiger partial charge on any atom is 0.161 e. The Hall–Kier alpha value is -1.42. The smallest absolute Gasteiger partial charge is 0.161 e. The summed E-state index contributed by atoms with van der Waals surface area (Å²) in [7, 11) is 0. The number of carbonyl (C=O) groups is 1. The minimum absolute atomic E-state index is 0.0330. The molecule has 0 heterocycles. The van der Waals surface area contributed by atoms with Crippen LogP contribution in [0.3, 0.4) is 0 Å². The van der Waals surface area contributed by atoms with Crippen molar-refractivity contribution < 1.29 is 14.3 Å². The van der Waals surface area contributed by atoms with Crippen molar-refractivity contribution in [2.24, 2.45) is 0 Å². The number of aliphatic hydroxyl groups is 1. The Morgan fingerprint density at radius 2 is 2.29 bits per heavy atom. The average Bonchev–Trinajstić information content (AvgIpc) is 2.15. The normalized spacial score (nSPS) is 9.93. The third kappa shape index (κ3) is 2.53. The van der Waals surface area contributed by atoms with Gasteiger partial charge in [-0.05, 0) is 25.1 Å². The quantitative estimate of drug-likeness (QED) is 0.718. The Kier molecular flexibility index (Phi) is 3.59. The number of hydrogen-bond acceptors (Lipinski definition) is 3. The SMILES string of the molecule is CC(=O)c1cc(F)ccc1NCCO. The molecule has 0 spiro atoms. The van der Waals surface area contributed by atoms with Gasteiger partial charge in [-0.15, -0.1) is 0 Å². The Morgan fingerprint density at radius 1 is 1.57 bits per heavy atom. The zero-order valence-electron chi connectivity index (χ0n) is 7.88. The van der Waals surface area contributed by atoms with Gasteiger partial charge in [0.05, 0.1) is 6.61 Å². The highest BCUT2D eigenvalue weighted by atomic mass is 19.1. The molecule has 0 amide bonds. The number of aliphatic hydroxyl groups excluding tert-OH is 1.